The third kappa shape index (κ3) is 6.00. The lowest BCUT2D eigenvalue weighted by molar-refractivity contribution is -0.258. The van der Waals surface area contributed by atoms with Crippen LogP contribution in [0.3, 0.4) is 0 Å². The number of fused-ring (bicyclic) bond motifs is 1. The molecule has 0 amide bonds. The average Bonchev–Trinajstić information content (AvgIpc) is 3.44. The van der Waals surface area contributed by atoms with Gasteiger partial charge in [0.15, 0.2) is 17.1 Å². The van der Waals surface area contributed by atoms with Gasteiger partial charge < -0.3 is 14.6 Å². The highest BCUT2D eigenvalue weighted by molar-refractivity contribution is 7.89. The normalized spacial score (nSPS) is 14.3. The molecule has 0 aliphatic heterocycles. The first-order chi connectivity index (χ1) is 20.8. The molecule has 5 aromatic rings. The molecule has 2 N–H and O–H groups in total. The quantitative estimate of drug-likeness (QED) is 0.170. The predicted octanol–water partition coefficient (Wildman–Crippen LogP) is 7.47. The largest absolute Gasteiger partial charge is 0.493 e. The van der Waals surface area contributed by atoms with E-state index in [2.05, 4.69) is 9.71 Å². The third-order valence-electron chi connectivity index (χ3n) is 7.15. The number of hydrogen-bond donors (Lipinski definition) is 2. The molecule has 0 saturated carbocycles. The van der Waals surface area contributed by atoms with Gasteiger partial charge in [-0.3, -0.25) is 4.98 Å². The number of hydrogen-bond acceptors (Lipinski definition) is 7. The number of nitrogens with zero attached hydrogens (tertiary/aromatic N) is 1. The lowest BCUT2D eigenvalue weighted by Gasteiger charge is -2.26. The zero-order chi connectivity index (χ0) is 31.9. The van der Waals surface area contributed by atoms with Crippen molar-refractivity contribution < 1.29 is 36.2 Å². The number of rotatable bonds is 9. The number of sulfonamides is 1. The lowest BCUT2D eigenvalue weighted by Crippen LogP contribution is -2.39. The van der Waals surface area contributed by atoms with Gasteiger partial charge in [0, 0.05) is 32.4 Å². The van der Waals surface area contributed by atoms with Crippen molar-refractivity contribution in [1.29, 1.82) is 0 Å². The van der Waals surface area contributed by atoms with Gasteiger partial charge in [0.25, 0.3) is 0 Å². The zero-order valence-corrected chi connectivity index (χ0v) is 25.9. The van der Waals surface area contributed by atoms with Gasteiger partial charge in [-0.2, -0.15) is 17.9 Å². The van der Waals surface area contributed by atoms with E-state index in [-0.39, 0.29) is 21.9 Å². The first-order valence-electron chi connectivity index (χ1n) is 13.0. The predicted molar refractivity (Wildman–Crippen MR) is 164 cm³/mol. The summed E-state index contributed by atoms with van der Waals surface area (Å²) >= 11 is 7.81. The van der Waals surface area contributed by atoms with Gasteiger partial charge in [0.05, 0.1) is 30.9 Å². The SMILES string of the molecule is COc1ccc(S(=O)(=O)NC(c2cc3cccc(-c4cc(C(C)(O)C(F)(F)F)ccn4)c3s2)c2ccccc2Cl)cc1OC. The van der Waals surface area contributed by atoms with Gasteiger partial charge in [-0.15, -0.1) is 11.3 Å². The topological polar surface area (TPSA) is 97.8 Å². The van der Waals surface area contributed by atoms with E-state index in [1.807, 2.05) is 0 Å². The Kier molecular flexibility index (Phi) is 8.67. The van der Waals surface area contributed by atoms with Crippen LogP contribution in [0.1, 0.15) is 29.0 Å². The number of pyridine rings is 1. The smallest absolute Gasteiger partial charge is 0.421 e. The number of thiophene rings is 1. The third-order valence-corrected chi connectivity index (χ3v) is 10.2. The standard InChI is InChI=1S/C31H26ClF3N2O5S2/c1-30(38,31(33,34)35)19-13-14-36-24(16-19)22-9-6-7-18-15-27(43-29(18)22)28(21-8-4-5-10-23(21)32)37-44(39,40)20-11-12-25(41-2)26(17-20)42-3/h4-17,28,37-38H,1-3H3. The van der Waals surface area contributed by atoms with E-state index in [0.29, 0.717) is 43.8 Å². The van der Waals surface area contributed by atoms with E-state index in [0.717, 1.165) is 6.07 Å². The molecule has 44 heavy (non-hydrogen) atoms. The van der Waals surface area contributed by atoms with Crippen molar-refractivity contribution in [2.75, 3.05) is 14.2 Å². The van der Waals surface area contributed by atoms with E-state index in [9.17, 15) is 26.7 Å². The molecule has 3 aromatic carbocycles. The Morgan fingerprint density at radius 1 is 0.955 bits per heavy atom. The molecule has 5 rings (SSSR count). The molecule has 2 aromatic heterocycles. The number of ether oxygens (including phenoxy) is 2. The Labute approximate surface area is 260 Å². The van der Waals surface area contributed by atoms with Crippen LogP contribution >= 0.6 is 22.9 Å². The Bertz CT molecular complexity index is 1940. The fourth-order valence-corrected chi connectivity index (χ4v) is 7.44. The molecule has 0 radical (unpaired) electrons. The van der Waals surface area contributed by atoms with Crippen LogP contribution in [-0.4, -0.2) is 38.9 Å². The summed E-state index contributed by atoms with van der Waals surface area (Å²) in [6, 6.07) is 19.5. The molecule has 0 aliphatic rings. The van der Waals surface area contributed by atoms with Crippen LogP contribution in [0.2, 0.25) is 5.02 Å². The monoisotopic (exact) mass is 662 g/mol. The van der Waals surface area contributed by atoms with E-state index < -0.39 is 27.8 Å². The number of benzene rings is 3. The highest BCUT2D eigenvalue weighted by Crippen LogP contribution is 2.43. The first-order valence-corrected chi connectivity index (χ1v) is 15.7. The summed E-state index contributed by atoms with van der Waals surface area (Å²) in [5.74, 6) is 0.593. The molecule has 0 fully saturated rings. The highest BCUT2D eigenvalue weighted by atomic mass is 35.5. The van der Waals surface area contributed by atoms with Crippen LogP contribution in [0, 0.1) is 0 Å². The summed E-state index contributed by atoms with van der Waals surface area (Å²) in [5, 5.41) is 11.3. The molecule has 0 bridgehead atoms. The Hall–Kier alpha value is -3.68. The zero-order valence-electron chi connectivity index (χ0n) is 23.5. The van der Waals surface area contributed by atoms with Gasteiger partial charge in [-0.1, -0.05) is 48.0 Å². The summed E-state index contributed by atoms with van der Waals surface area (Å²) in [6.45, 7) is 0.689. The molecule has 2 unspecified atom stereocenters. The summed E-state index contributed by atoms with van der Waals surface area (Å²) in [6.07, 6.45) is -3.69. The minimum Gasteiger partial charge on any atom is -0.493 e. The summed E-state index contributed by atoms with van der Waals surface area (Å²) in [7, 11) is -1.31. The second-order valence-electron chi connectivity index (χ2n) is 9.97. The summed E-state index contributed by atoms with van der Waals surface area (Å²) < 4.78 is 82.1. The van der Waals surface area contributed by atoms with Gasteiger partial charge in [0.2, 0.25) is 10.0 Å². The van der Waals surface area contributed by atoms with Crippen molar-refractivity contribution in [2.45, 2.75) is 29.6 Å². The maximum absolute atomic E-state index is 13.7. The summed E-state index contributed by atoms with van der Waals surface area (Å²) in [5.41, 5.74) is -2.23. The molecule has 0 spiro atoms. The van der Waals surface area contributed by atoms with Crippen molar-refractivity contribution in [2.24, 2.45) is 0 Å². The van der Waals surface area contributed by atoms with Crippen molar-refractivity contribution in [1.82, 2.24) is 9.71 Å². The van der Waals surface area contributed by atoms with Crippen molar-refractivity contribution in [3.8, 4) is 22.8 Å². The van der Waals surface area contributed by atoms with Crippen LogP contribution < -0.4 is 14.2 Å². The number of aromatic nitrogens is 1. The highest BCUT2D eigenvalue weighted by Gasteiger charge is 2.51. The Morgan fingerprint density at radius 3 is 2.36 bits per heavy atom. The molecule has 0 saturated heterocycles. The van der Waals surface area contributed by atoms with Crippen molar-refractivity contribution in [3.63, 3.8) is 0 Å². The number of halogens is 4. The molecule has 230 valence electrons. The fourth-order valence-electron chi connectivity index (χ4n) is 4.66. The molecule has 0 aliphatic carbocycles. The number of alkyl halides is 3. The maximum Gasteiger partial charge on any atom is 0.421 e. The molecule has 2 atom stereocenters. The average molecular weight is 663 g/mol. The Morgan fingerprint density at radius 2 is 1.68 bits per heavy atom. The number of aliphatic hydroxyl groups is 1. The molecular weight excluding hydrogens is 637 g/mol. The summed E-state index contributed by atoms with van der Waals surface area (Å²) in [4.78, 5) is 4.79. The van der Waals surface area contributed by atoms with Gasteiger partial charge in [-0.25, -0.2) is 8.42 Å². The molecule has 7 nitrogen and oxygen atoms in total. The molecular formula is C31H26ClF3N2O5S2. The van der Waals surface area contributed by atoms with Gasteiger partial charge in [-0.05, 0) is 59.8 Å². The van der Waals surface area contributed by atoms with Crippen LogP contribution in [-0.2, 0) is 15.6 Å². The van der Waals surface area contributed by atoms with E-state index in [1.165, 1.54) is 56.0 Å². The van der Waals surface area contributed by atoms with Gasteiger partial charge >= 0.3 is 6.18 Å². The van der Waals surface area contributed by atoms with E-state index in [4.69, 9.17) is 21.1 Å². The van der Waals surface area contributed by atoms with E-state index >= 15 is 0 Å². The minimum absolute atomic E-state index is 0.0632. The van der Waals surface area contributed by atoms with Crippen LogP contribution in [0.15, 0.2) is 90.0 Å². The lowest BCUT2D eigenvalue weighted by atomic mass is 9.94. The number of methoxy groups -OCH3 is 2. The van der Waals surface area contributed by atoms with E-state index in [1.54, 1.807) is 48.5 Å². The maximum atomic E-state index is 13.7. The molecule has 2 heterocycles. The Balaban J connectivity index is 1.62. The van der Waals surface area contributed by atoms with Crippen LogP contribution in [0.4, 0.5) is 13.2 Å². The molecule has 13 heteroatoms. The van der Waals surface area contributed by atoms with Crippen LogP contribution in [0.5, 0.6) is 11.5 Å². The minimum atomic E-state index is -4.90. The van der Waals surface area contributed by atoms with Gasteiger partial charge in [0.1, 0.15) is 0 Å². The fraction of sp³-hybridized carbons (Fsp3) is 0.194. The second kappa shape index (κ2) is 12.0. The first kappa shape index (κ1) is 31.7. The second-order valence-corrected chi connectivity index (χ2v) is 13.2. The van der Waals surface area contributed by atoms with Crippen LogP contribution in [0.25, 0.3) is 21.3 Å². The number of nitrogens with one attached hydrogen (secondary N) is 1. The van der Waals surface area contributed by atoms with Crippen molar-refractivity contribution >= 4 is 43.0 Å². The van der Waals surface area contributed by atoms with Crippen molar-refractivity contribution in [3.05, 3.63) is 106 Å².